The van der Waals surface area contributed by atoms with Crippen LogP contribution >= 0.6 is 0 Å². The highest BCUT2D eigenvalue weighted by Gasteiger charge is 2.23. The summed E-state index contributed by atoms with van der Waals surface area (Å²) in [7, 11) is 1.82. The van der Waals surface area contributed by atoms with Crippen LogP contribution in [0.15, 0.2) is 18.3 Å². The molecule has 2 rings (SSSR count). The van der Waals surface area contributed by atoms with E-state index in [0.29, 0.717) is 11.6 Å². The normalized spacial score (nSPS) is 20.3. The Hall–Kier alpha value is -1.58. The summed E-state index contributed by atoms with van der Waals surface area (Å²) < 4.78 is 0. The molecule has 1 saturated heterocycles. The highest BCUT2D eigenvalue weighted by Crippen LogP contribution is 2.19. The fraction of sp³-hybridized carbons (Fsp3) is 0.571. The van der Waals surface area contributed by atoms with Gasteiger partial charge < -0.3 is 10.2 Å². The molecule has 0 aromatic carbocycles. The zero-order valence-electron chi connectivity index (χ0n) is 11.1. The van der Waals surface area contributed by atoms with Gasteiger partial charge in [-0.3, -0.25) is 4.79 Å². The minimum Gasteiger partial charge on any atom is -0.373 e. The summed E-state index contributed by atoms with van der Waals surface area (Å²) in [5.41, 5.74) is 0.683. The lowest BCUT2D eigenvalue weighted by molar-refractivity contribution is 0.0697. The van der Waals surface area contributed by atoms with Crippen molar-refractivity contribution in [3.8, 4) is 0 Å². The molecule has 0 radical (unpaired) electrons. The van der Waals surface area contributed by atoms with Crippen LogP contribution in [-0.2, 0) is 0 Å². The predicted molar refractivity (Wildman–Crippen MR) is 72.8 cm³/mol. The van der Waals surface area contributed by atoms with Crippen LogP contribution < -0.4 is 5.32 Å². The lowest BCUT2D eigenvalue weighted by Crippen LogP contribution is -2.38. The number of nitrogens with one attached hydrogen (secondary N) is 1. The zero-order valence-corrected chi connectivity index (χ0v) is 11.1. The van der Waals surface area contributed by atoms with Crippen molar-refractivity contribution in [2.75, 3.05) is 18.9 Å². The van der Waals surface area contributed by atoms with Gasteiger partial charge in [-0.1, -0.05) is 12.8 Å². The average Bonchev–Trinajstić information content (AvgIpc) is 2.63. The zero-order chi connectivity index (χ0) is 13.0. The van der Waals surface area contributed by atoms with Crippen LogP contribution in [0.25, 0.3) is 0 Å². The van der Waals surface area contributed by atoms with E-state index in [2.05, 4.69) is 17.2 Å². The van der Waals surface area contributed by atoms with Gasteiger partial charge >= 0.3 is 0 Å². The Labute approximate surface area is 108 Å². The number of amides is 1. The van der Waals surface area contributed by atoms with E-state index >= 15 is 0 Å². The second-order valence-electron chi connectivity index (χ2n) is 4.88. The molecule has 1 atom stereocenters. The van der Waals surface area contributed by atoms with Crippen molar-refractivity contribution in [3.63, 3.8) is 0 Å². The first-order valence-electron chi connectivity index (χ1n) is 6.67. The van der Waals surface area contributed by atoms with Crippen LogP contribution in [0.4, 0.5) is 5.82 Å². The summed E-state index contributed by atoms with van der Waals surface area (Å²) in [6.45, 7) is 3.01. The topological polar surface area (TPSA) is 45.2 Å². The monoisotopic (exact) mass is 247 g/mol. The van der Waals surface area contributed by atoms with Gasteiger partial charge in [0.25, 0.3) is 5.91 Å². The van der Waals surface area contributed by atoms with Gasteiger partial charge in [0.15, 0.2) is 0 Å². The van der Waals surface area contributed by atoms with E-state index in [1.807, 2.05) is 24.1 Å². The van der Waals surface area contributed by atoms with Crippen LogP contribution in [0.3, 0.4) is 0 Å². The Morgan fingerprint density at radius 3 is 2.89 bits per heavy atom. The van der Waals surface area contributed by atoms with Gasteiger partial charge in [-0.05, 0) is 31.9 Å². The van der Waals surface area contributed by atoms with E-state index in [9.17, 15) is 4.79 Å². The average molecular weight is 247 g/mol. The third kappa shape index (κ3) is 2.81. The number of hydrogen-bond donors (Lipinski definition) is 1. The molecule has 0 saturated carbocycles. The highest BCUT2D eigenvalue weighted by molar-refractivity contribution is 5.94. The van der Waals surface area contributed by atoms with Crippen molar-refractivity contribution in [2.45, 2.75) is 38.6 Å². The summed E-state index contributed by atoms with van der Waals surface area (Å²) in [6, 6.07) is 4.03. The lowest BCUT2D eigenvalue weighted by atomic mass is 10.1. The quantitative estimate of drug-likeness (QED) is 0.873. The van der Waals surface area contributed by atoms with Crippen LogP contribution in [-0.4, -0.2) is 35.4 Å². The third-order valence-corrected chi connectivity index (χ3v) is 3.58. The van der Waals surface area contributed by atoms with E-state index in [4.69, 9.17) is 0 Å². The first kappa shape index (κ1) is 12.9. The van der Waals surface area contributed by atoms with E-state index < -0.39 is 0 Å². The van der Waals surface area contributed by atoms with E-state index in [1.54, 1.807) is 6.20 Å². The van der Waals surface area contributed by atoms with Gasteiger partial charge in [-0.25, -0.2) is 4.98 Å². The molecule has 18 heavy (non-hydrogen) atoms. The maximum Gasteiger partial charge on any atom is 0.255 e. The summed E-state index contributed by atoms with van der Waals surface area (Å²) in [4.78, 5) is 18.6. The molecule has 0 aliphatic carbocycles. The molecule has 0 spiro atoms. The second-order valence-corrected chi connectivity index (χ2v) is 4.88. The molecule has 2 heterocycles. The fourth-order valence-electron chi connectivity index (χ4n) is 2.41. The number of pyridine rings is 1. The Morgan fingerprint density at radius 2 is 2.22 bits per heavy atom. The Bertz CT molecular complexity index is 402. The van der Waals surface area contributed by atoms with Crippen molar-refractivity contribution in [2.24, 2.45) is 0 Å². The van der Waals surface area contributed by atoms with Crippen LogP contribution in [0.5, 0.6) is 0 Å². The van der Waals surface area contributed by atoms with Crippen LogP contribution in [0.1, 0.15) is 43.0 Å². The summed E-state index contributed by atoms with van der Waals surface area (Å²) in [6.07, 6.45) is 6.32. The predicted octanol–water partition coefficient (Wildman–Crippen LogP) is 2.53. The molecule has 1 fully saturated rings. The van der Waals surface area contributed by atoms with E-state index in [1.165, 1.54) is 12.8 Å². The third-order valence-electron chi connectivity index (χ3n) is 3.58. The molecule has 1 aliphatic rings. The van der Waals surface area contributed by atoms with Gasteiger partial charge in [0.2, 0.25) is 0 Å². The van der Waals surface area contributed by atoms with E-state index in [-0.39, 0.29) is 5.91 Å². The van der Waals surface area contributed by atoms with Crippen molar-refractivity contribution in [1.29, 1.82) is 0 Å². The van der Waals surface area contributed by atoms with Gasteiger partial charge in [-0.2, -0.15) is 0 Å². The van der Waals surface area contributed by atoms with Gasteiger partial charge in [-0.15, -0.1) is 0 Å². The maximum atomic E-state index is 12.4. The number of nitrogens with zero attached hydrogens (tertiary/aromatic N) is 2. The molecule has 1 N–H and O–H groups in total. The molecule has 1 aromatic heterocycles. The van der Waals surface area contributed by atoms with Crippen LogP contribution in [0.2, 0.25) is 0 Å². The number of carbonyl (C=O) groups is 1. The minimum absolute atomic E-state index is 0.111. The van der Waals surface area contributed by atoms with Crippen molar-refractivity contribution >= 4 is 11.7 Å². The van der Waals surface area contributed by atoms with E-state index in [0.717, 1.165) is 25.2 Å². The Morgan fingerprint density at radius 1 is 1.39 bits per heavy atom. The molecular weight excluding hydrogens is 226 g/mol. The molecule has 4 heteroatoms. The lowest BCUT2D eigenvalue weighted by Gasteiger charge is -2.27. The Balaban J connectivity index is 2.13. The molecule has 0 bridgehead atoms. The Kier molecular flexibility index (Phi) is 4.18. The first-order valence-corrected chi connectivity index (χ1v) is 6.67. The van der Waals surface area contributed by atoms with Gasteiger partial charge in [0.05, 0.1) is 5.56 Å². The largest absolute Gasteiger partial charge is 0.373 e. The fourth-order valence-corrected chi connectivity index (χ4v) is 2.41. The molecule has 98 valence electrons. The molecule has 1 aromatic rings. The van der Waals surface area contributed by atoms with Crippen molar-refractivity contribution in [1.82, 2.24) is 9.88 Å². The number of hydrogen-bond acceptors (Lipinski definition) is 3. The maximum absolute atomic E-state index is 12.4. The second kappa shape index (κ2) is 5.85. The smallest absolute Gasteiger partial charge is 0.255 e. The summed E-state index contributed by atoms with van der Waals surface area (Å²) in [5, 5.41) is 2.96. The van der Waals surface area contributed by atoms with Crippen molar-refractivity contribution in [3.05, 3.63) is 23.9 Å². The molecule has 1 amide bonds. The number of carbonyl (C=O) groups excluding carboxylic acids is 1. The number of rotatable bonds is 2. The SMILES string of the molecule is CNc1ccc(C(=O)N2CCCCCC2C)cn1. The first-order chi connectivity index (χ1) is 8.72. The molecule has 1 aliphatic heterocycles. The summed E-state index contributed by atoms with van der Waals surface area (Å²) in [5.74, 6) is 0.898. The number of likely N-dealkylation sites (tertiary alicyclic amines) is 1. The van der Waals surface area contributed by atoms with Gasteiger partial charge in [0, 0.05) is 25.8 Å². The number of anilines is 1. The molecular formula is C14H21N3O. The van der Waals surface area contributed by atoms with Crippen molar-refractivity contribution < 1.29 is 4.79 Å². The van der Waals surface area contributed by atoms with Crippen LogP contribution in [0, 0.1) is 0 Å². The molecule has 4 nitrogen and oxygen atoms in total. The highest BCUT2D eigenvalue weighted by atomic mass is 16.2. The molecule has 1 unspecified atom stereocenters. The minimum atomic E-state index is 0.111. The number of aromatic nitrogens is 1. The summed E-state index contributed by atoms with van der Waals surface area (Å²) >= 11 is 0. The van der Waals surface area contributed by atoms with Gasteiger partial charge in [0.1, 0.15) is 5.82 Å². The standard InChI is InChI=1S/C14H21N3O/c1-11-6-4-3-5-9-17(11)14(18)12-7-8-13(15-2)16-10-12/h7-8,10-11H,3-6,9H2,1-2H3,(H,15,16).